The van der Waals surface area contributed by atoms with Crippen molar-refractivity contribution in [2.24, 2.45) is 0 Å². The van der Waals surface area contributed by atoms with Gasteiger partial charge >= 0.3 is 88.5 Å². The summed E-state index contributed by atoms with van der Waals surface area (Å²) in [5.74, 6) is 0.867. The van der Waals surface area contributed by atoms with Gasteiger partial charge in [0, 0.05) is 19.3 Å². The molecule has 0 spiro atoms. The van der Waals surface area contributed by atoms with Crippen molar-refractivity contribution in [1.29, 1.82) is 0 Å². The SMILES string of the molecule is C1CCC([PH+](C2CCCCC2)C2CCCCC2)CC1.CC(C)c1ccccc1N1[CH-]N(c2ccccc2C(C)C)[C@H](c2ccccc2)[C@H]1c1ccccc1.[I][Ru]([I])=[CH]c1ccccc1. The molecule has 2 nitrogen and oxygen atoms in total. The van der Waals surface area contributed by atoms with Gasteiger partial charge in [-0.25, -0.2) is 0 Å². The van der Waals surface area contributed by atoms with Gasteiger partial charge in [-0.2, -0.15) is 6.67 Å². The fourth-order valence-corrected chi connectivity index (χ4v) is 20.3. The van der Waals surface area contributed by atoms with Crippen LogP contribution in [0.5, 0.6) is 0 Å². The van der Waals surface area contributed by atoms with Gasteiger partial charge in [-0.1, -0.05) is 144 Å². The van der Waals surface area contributed by atoms with E-state index in [-0.39, 0.29) is 20.0 Å². The average Bonchev–Trinajstić information content (AvgIpc) is 3.74. The number of rotatable bonds is 10. The second-order valence-corrected chi connectivity index (χ2v) is 42.6. The maximum atomic E-state index is 2.52. The van der Waals surface area contributed by atoms with Crippen LogP contribution in [0.3, 0.4) is 0 Å². The fourth-order valence-electron chi connectivity index (χ4n) is 11.3. The first kappa shape index (κ1) is 50.0. The van der Waals surface area contributed by atoms with Crippen molar-refractivity contribution in [2.75, 3.05) is 9.80 Å². The van der Waals surface area contributed by atoms with E-state index in [9.17, 15) is 0 Å². The molecule has 0 radical (unpaired) electrons. The van der Waals surface area contributed by atoms with Crippen LogP contribution in [0.15, 0.2) is 140 Å². The topological polar surface area (TPSA) is 6.48 Å². The molecule has 9 rings (SSSR count). The van der Waals surface area contributed by atoms with Gasteiger partial charge in [0.2, 0.25) is 0 Å². The van der Waals surface area contributed by atoms with E-state index in [0.717, 1.165) is 0 Å². The third-order valence-corrected chi connectivity index (χ3v) is 22.5. The Bertz CT molecular complexity index is 1980. The molecule has 0 aromatic heterocycles. The van der Waals surface area contributed by atoms with Gasteiger partial charge in [0.1, 0.15) is 0 Å². The van der Waals surface area contributed by atoms with E-state index in [4.69, 9.17) is 0 Å². The summed E-state index contributed by atoms with van der Waals surface area (Å²) in [6, 6.07) is 50.5. The molecule has 2 atom stereocenters. The fraction of sp³-hybridized carbons (Fsp3) is 0.448. The summed E-state index contributed by atoms with van der Waals surface area (Å²) >= 11 is 5.04. The van der Waals surface area contributed by atoms with Crippen LogP contribution in [0.4, 0.5) is 11.4 Å². The molecule has 4 aliphatic rings. The van der Waals surface area contributed by atoms with Crippen LogP contribution in [0.2, 0.25) is 0 Å². The van der Waals surface area contributed by atoms with Gasteiger partial charge in [-0.3, -0.25) is 0 Å². The molecule has 1 aliphatic heterocycles. The number of halogens is 2. The van der Waals surface area contributed by atoms with Gasteiger partial charge in [0.05, 0.1) is 29.1 Å². The minimum atomic E-state index is -0.619. The summed E-state index contributed by atoms with van der Waals surface area (Å²) in [5, 5.41) is 0. The number of anilines is 2. The Morgan fingerprint density at radius 1 is 0.469 bits per heavy atom. The Labute approximate surface area is 416 Å². The Morgan fingerprint density at radius 2 is 0.797 bits per heavy atom. The molecule has 1 saturated heterocycles. The van der Waals surface area contributed by atoms with Crippen molar-refractivity contribution >= 4 is 63.4 Å². The summed E-state index contributed by atoms with van der Waals surface area (Å²) in [6.45, 7) is 11.5. The summed E-state index contributed by atoms with van der Waals surface area (Å²) in [5.41, 5.74) is 13.0. The third-order valence-electron chi connectivity index (χ3n) is 14.3. The van der Waals surface area contributed by atoms with Crippen LogP contribution in [0.25, 0.3) is 0 Å². The van der Waals surface area contributed by atoms with E-state index in [1.165, 1.54) is 56.2 Å². The molecule has 0 bridgehead atoms. The molecule has 3 aliphatic carbocycles. The van der Waals surface area contributed by atoms with Crippen molar-refractivity contribution in [3.05, 3.63) is 174 Å². The summed E-state index contributed by atoms with van der Waals surface area (Å²) in [6.07, 6.45) is 23.8. The summed E-state index contributed by atoms with van der Waals surface area (Å²) in [4.78, 5) is 5.03. The van der Waals surface area contributed by atoms with Gasteiger partial charge in [0.25, 0.3) is 0 Å². The standard InChI is InChI=1S/C33H35N2.C18H33P.C7H6.2HI.Ru/c1-24(2)28-19-11-13-21-30(28)34-23-35(31-22-14-12-20-29(31)25(3)4)33(27-17-9-6-10-18-27)32(34)26-15-7-5-8-16-26;1-4-10-16(11-5-1)19(17-12-6-2-7-13-17)18-14-8-3-9-15-18;1-7-5-3-2-4-6-7;;;/h5-25,32-33H,1-4H3;16-18H,1-15H2;1-6H;2*1H;/q-1;;;;;+2/p-1/t32-,33-;;;;;/m1...../s1. The van der Waals surface area contributed by atoms with E-state index >= 15 is 0 Å². The first-order valence-corrected chi connectivity index (χ1v) is 37.8. The molecule has 5 aromatic rings. The zero-order chi connectivity index (χ0) is 44.7. The first-order valence-electron chi connectivity index (χ1n) is 24.7. The van der Waals surface area contributed by atoms with Crippen molar-refractivity contribution in [2.45, 2.75) is 165 Å². The summed E-state index contributed by atoms with van der Waals surface area (Å²) in [7, 11) is -0.666. The van der Waals surface area contributed by atoms with Crippen LogP contribution >= 0.6 is 47.4 Å². The predicted molar refractivity (Wildman–Crippen MR) is 297 cm³/mol. The average molecular weight is 1190 g/mol. The van der Waals surface area contributed by atoms with E-state index < -0.39 is 8.47 Å². The van der Waals surface area contributed by atoms with Crippen LogP contribution in [0.1, 0.15) is 176 Å². The Kier molecular flexibility index (Phi) is 20.3. The molecule has 6 heteroatoms. The number of nitrogens with zero attached hydrogens (tertiary/aromatic N) is 2. The van der Waals surface area contributed by atoms with Crippen LogP contribution in [0, 0.1) is 6.67 Å². The Morgan fingerprint density at radius 3 is 1.14 bits per heavy atom. The number of hydrogen-bond acceptors (Lipinski definition) is 2. The molecule has 64 heavy (non-hydrogen) atoms. The van der Waals surface area contributed by atoms with Crippen LogP contribution < -0.4 is 9.80 Å². The maximum absolute atomic E-state index is 2.52. The summed E-state index contributed by atoms with van der Waals surface area (Å²) < 4.78 is 2.37. The zero-order valence-electron chi connectivity index (χ0n) is 39.1. The molecule has 0 amide bonds. The van der Waals surface area contributed by atoms with Crippen LogP contribution in [-0.4, -0.2) is 21.6 Å². The third kappa shape index (κ3) is 13.6. The van der Waals surface area contributed by atoms with Crippen molar-refractivity contribution < 1.29 is 8.47 Å². The first-order chi connectivity index (χ1) is 31.3. The molecular formula is C58H75I2N2PRu. The molecule has 4 fully saturated rings. The van der Waals surface area contributed by atoms with Crippen molar-refractivity contribution in [1.82, 2.24) is 0 Å². The molecule has 0 N–H and O–H groups in total. The van der Waals surface area contributed by atoms with Gasteiger partial charge in [-0.15, -0.1) is 0 Å². The number of benzene rings is 5. The predicted octanol–water partition coefficient (Wildman–Crippen LogP) is 18.2. The van der Waals surface area contributed by atoms with E-state index in [0.29, 0.717) is 11.8 Å². The van der Waals surface area contributed by atoms with E-state index in [1.807, 2.05) is 0 Å². The van der Waals surface area contributed by atoms with Gasteiger partial charge in [0.15, 0.2) is 0 Å². The Hall–Kier alpha value is -1.92. The normalized spacial score (nSPS) is 20.1. The second-order valence-electron chi connectivity index (χ2n) is 19.3. The molecule has 3 saturated carbocycles. The molecule has 0 unspecified atom stereocenters. The van der Waals surface area contributed by atoms with Gasteiger partial charge < -0.3 is 9.80 Å². The second kappa shape index (κ2) is 26.0. The monoisotopic (exact) mass is 1190 g/mol. The number of hydrogen-bond donors (Lipinski definition) is 0. The Balaban J connectivity index is 0.000000175. The van der Waals surface area contributed by atoms with Crippen molar-refractivity contribution in [3.8, 4) is 0 Å². The van der Waals surface area contributed by atoms with Gasteiger partial charge in [-0.05, 0) is 123 Å². The molecule has 1 heterocycles. The molecule has 344 valence electrons. The van der Waals surface area contributed by atoms with Crippen LogP contribution in [-0.2, 0) is 8.47 Å². The zero-order valence-corrected chi connectivity index (χ0v) is 46.1. The quantitative estimate of drug-likeness (QED) is 0.0595. The van der Waals surface area contributed by atoms with E-state index in [1.54, 1.807) is 96.3 Å². The van der Waals surface area contributed by atoms with E-state index in [2.05, 4.69) is 228 Å². The van der Waals surface area contributed by atoms with Crippen molar-refractivity contribution in [3.63, 3.8) is 0 Å². The molecule has 5 aromatic carbocycles. The minimum absolute atomic E-state index is 0.0465. The number of para-hydroxylation sites is 2. The molecular weight excluding hydrogens is 1110 g/mol.